The second-order valence-corrected chi connectivity index (χ2v) is 4.92. The molecular formula is C15H19NO5. The lowest BCUT2D eigenvalue weighted by Crippen LogP contribution is -2.57. The Hall–Kier alpha value is -2.08. The number of carboxylic acid groups (broad SMARTS) is 1. The smallest absolute Gasteiger partial charge is 0.411 e. The van der Waals surface area contributed by atoms with Crippen LogP contribution in [0.25, 0.3) is 0 Å². The van der Waals surface area contributed by atoms with E-state index in [1.54, 1.807) is 6.92 Å². The molecule has 1 N–H and O–H groups in total. The minimum Gasteiger partial charge on any atom is -0.479 e. The molecule has 1 fully saturated rings. The maximum absolute atomic E-state index is 12.2. The van der Waals surface area contributed by atoms with Crippen LogP contribution >= 0.6 is 0 Å². The van der Waals surface area contributed by atoms with Crippen LogP contribution in [0.4, 0.5) is 4.79 Å². The van der Waals surface area contributed by atoms with Crippen molar-refractivity contribution in [1.29, 1.82) is 0 Å². The van der Waals surface area contributed by atoms with Gasteiger partial charge in [-0.1, -0.05) is 30.3 Å². The van der Waals surface area contributed by atoms with Gasteiger partial charge in [0, 0.05) is 19.6 Å². The molecule has 1 aliphatic heterocycles. The molecule has 1 aliphatic rings. The maximum atomic E-state index is 12.2. The van der Waals surface area contributed by atoms with Crippen molar-refractivity contribution in [2.75, 3.05) is 19.8 Å². The first-order valence-electron chi connectivity index (χ1n) is 6.89. The van der Waals surface area contributed by atoms with Gasteiger partial charge in [0.25, 0.3) is 0 Å². The van der Waals surface area contributed by atoms with Crippen molar-refractivity contribution in [1.82, 2.24) is 4.90 Å². The number of nitrogens with zero attached hydrogens (tertiary/aromatic N) is 1. The average molecular weight is 293 g/mol. The van der Waals surface area contributed by atoms with Crippen molar-refractivity contribution in [3.8, 4) is 0 Å². The number of carbonyl (C=O) groups is 2. The zero-order valence-electron chi connectivity index (χ0n) is 11.9. The molecule has 1 saturated heterocycles. The van der Waals surface area contributed by atoms with Crippen LogP contribution in [0.3, 0.4) is 0 Å². The Morgan fingerprint density at radius 1 is 1.38 bits per heavy atom. The largest absolute Gasteiger partial charge is 0.479 e. The number of benzene rings is 1. The zero-order chi connectivity index (χ0) is 15.3. The number of carboxylic acids is 1. The number of hydrogen-bond acceptors (Lipinski definition) is 4. The quantitative estimate of drug-likeness (QED) is 0.897. The first-order chi connectivity index (χ1) is 10.1. The van der Waals surface area contributed by atoms with Crippen LogP contribution in [-0.2, 0) is 20.9 Å². The number of likely N-dealkylation sites (N-methyl/N-ethyl adjacent to an activating group) is 1. The standard InChI is InChI=1S/C15H19NO5/c1-2-16(15(13(17)18)8-9-20-11-15)14(19)21-10-12-6-4-3-5-7-12/h3-7H,2,8-11H2,1H3,(H,17,18). The highest BCUT2D eigenvalue weighted by molar-refractivity contribution is 5.85. The molecule has 1 unspecified atom stereocenters. The summed E-state index contributed by atoms with van der Waals surface area (Å²) < 4.78 is 10.4. The molecule has 0 spiro atoms. The Morgan fingerprint density at radius 3 is 2.62 bits per heavy atom. The van der Waals surface area contributed by atoms with Crippen molar-refractivity contribution in [3.05, 3.63) is 35.9 Å². The summed E-state index contributed by atoms with van der Waals surface area (Å²) in [5, 5.41) is 9.47. The molecule has 1 atom stereocenters. The van der Waals surface area contributed by atoms with Gasteiger partial charge in [-0.05, 0) is 12.5 Å². The van der Waals surface area contributed by atoms with Gasteiger partial charge in [-0.15, -0.1) is 0 Å². The number of rotatable bonds is 5. The van der Waals surface area contributed by atoms with Crippen molar-refractivity contribution in [2.45, 2.75) is 25.5 Å². The van der Waals surface area contributed by atoms with Crippen LogP contribution in [0.2, 0.25) is 0 Å². The summed E-state index contributed by atoms with van der Waals surface area (Å²) in [5.41, 5.74) is -0.461. The molecular weight excluding hydrogens is 274 g/mol. The Balaban J connectivity index is 2.06. The average Bonchev–Trinajstić information content (AvgIpc) is 2.98. The van der Waals surface area contributed by atoms with E-state index in [0.717, 1.165) is 5.56 Å². The number of hydrogen-bond donors (Lipinski definition) is 1. The molecule has 1 aromatic carbocycles. The second-order valence-electron chi connectivity index (χ2n) is 4.92. The Morgan fingerprint density at radius 2 is 2.10 bits per heavy atom. The van der Waals surface area contributed by atoms with Crippen LogP contribution in [0, 0.1) is 0 Å². The molecule has 114 valence electrons. The third-order valence-corrected chi connectivity index (χ3v) is 3.66. The molecule has 1 aromatic rings. The first-order valence-corrected chi connectivity index (χ1v) is 6.89. The predicted octanol–water partition coefficient (Wildman–Crippen LogP) is 1.89. The van der Waals surface area contributed by atoms with E-state index in [2.05, 4.69) is 0 Å². The zero-order valence-corrected chi connectivity index (χ0v) is 11.9. The molecule has 0 radical (unpaired) electrons. The van der Waals surface area contributed by atoms with E-state index in [1.807, 2.05) is 30.3 Å². The van der Waals surface area contributed by atoms with Crippen LogP contribution in [0.1, 0.15) is 18.9 Å². The maximum Gasteiger partial charge on any atom is 0.411 e. The normalized spacial score (nSPS) is 21.0. The minimum absolute atomic E-state index is 0.00336. The summed E-state index contributed by atoms with van der Waals surface area (Å²) in [6, 6.07) is 9.26. The summed E-state index contributed by atoms with van der Waals surface area (Å²) in [5.74, 6) is -1.06. The number of carbonyl (C=O) groups excluding carboxylic acids is 1. The molecule has 6 nitrogen and oxygen atoms in total. The van der Waals surface area contributed by atoms with Gasteiger partial charge in [0.2, 0.25) is 0 Å². The lowest BCUT2D eigenvalue weighted by atomic mass is 9.97. The highest BCUT2D eigenvalue weighted by atomic mass is 16.6. The van der Waals surface area contributed by atoms with Gasteiger partial charge in [0.1, 0.15) is 6.61 Å². The van der Waals surface area contributed by atoms with Gasteiger partial charge in [-0.2, -0.15) is 0 Å². The molecule has 0 bridgehead atoms. The van der Waals surface area contributed by atoms with E-state index < -0.39 is 17.6 Å². The van der Waals surface area contributed by atoms with E-state index in [9.17, 15) is 14.7 Å². The van der Waals surface area contributed by atoms with Crippen LogP contribution in [-0.4, -0.2) is 47.4 Å². The van der Waals surface area contributed by atoms with Crippen LogP contribution in [0.15, 0.2) is 30.3 Å². The summed E-state index contributed by atoms with van der Waals surface area (Å²) in [6.45, 7) is 2.42. The van der Waals surface area contributed by atoms with E-state index in [1.165, 1.54) is 4.90 Å². The third kappa shape index (κ3) is 3.16. The predicted molar refractivity (Wildman–Crippen MR) is 74.8 cm³/mol. The molecule has 2 rings (SSSR count). The Labute approximate surface area is 123 Å². The molecule has 0 saturated carbocycles. The Kier molecular flexibility index (Phi) is 4.80. The van der Waals surface area contributed by atoms with Gasteiger partial charge in [0.15, 0.2) is 5.54 Å². The molecule has 0 aromatic heterocycles. The molecule has 1 heterocycles. The monoisotopic (exact) mass is 293 g/mol. The summed E-state index contributed by atoms with van der Waals surface area (Å²) >= 11 is 0. The highest BCUT2D eigenvalue weighted by Gasteiger charge is 2.50. The van der Waals surface area contributed by atoms with Gasteiger partial charge in [0.05, 0.1) is 6.61 Å². The molecule has 21 heavy (non-hydrogen) atoms. The topological polar surface area (TPSA) is 76.1 Å². The van der Waals surface area contributed by atoms with E-state index in [-0.39, 0.29) is 26.2 Å². The van der Waals surface area contributed by atoms with Crippen molar-refractivity contribution in [3.63, 3.8) is 0 Å². The molecule has 0 aliphatic carbocycles. The minimum atomic E-state index is -1.32. The molecule has 6 heteroatoms. The third-order valence-electron chi connectivity index (χ3n) is 3.66. The molecule has 1 amide bonds. The fourth-order valence-corrected chi connectivity index (χ4v) is 2.45. The van der Waals surface area contributed by atoms with Gasteiger partial charge in [-0.25, -0.2) is 9.59 Å². The van der Waals surface area contributed by atoms with Gasteiger partial charge < -0.3 is 14.6 Å². The fraction of sp³-hybridized carbons (Fsp3) is 0.467. The van der Waals surface area contributed by atoms with Gasteiger partial charge >= 0.3 is 12.1 Å². The first kappa shape index (κ1) is 15.3. The summed E-state index contributed by atoms with van der Waals surface area (Å²) in [6.07, 6.45) is -0.356. The van der Waals surface area contributed by atoms with Crippen LogP contribution in [0.5, 0.6) is 0 Å². The summed E-state index contributed by atoms with van der Waals surface area (Å²) in [7, 11) is 0. The lowest BCUT2D eigenvalue weighted by molar-refractivity contribution is -0.150. The van der Waals surface area contributed by atoms with Crippen molar-refractivity contribution in [2.24, 2.45) is 0 Å². The Bertz CT molecular complexity index is 496. The number of aliphatic carboxylic acids is 1. The van der Waals surface area contributed by atoms with E-state index in [0.29, 0.717) is 6.61 Å². The number of amides is 1. The second kappa shape index (κ2) is 6.58. The van der Waals surface area contributed by atoms with Crippen LogP contribution < -0.4 is 0 Å². The van der Waals surface area contributed by atoms with E-state index in [4.69, 9.17) is 9.47 Å². The number of ether oxygens (including phenoxy) is 2. The summed E-state index contributed by atoms with van der Waals surface area (Å²) in [4.78, 5) is 25.0. The van der Waals surface area contributed by atoms with Crippen molar-refractivity contribution < 1.29 is 24.2 Å². The lowest BCUT2D eigenvalue weighted by Gasteiger charge is -2.34. The highest BCUT2D eigenvalue weighted by Crippen LogP contribution is 2.27. The fourth-order valence-electron chi connectivity index (χ4n) is 2.45. The van der Waals surface area contributed by atoms with Crippen molar-refractivity contribution >= 4 is 12.1 Å². The SMILES string of the molecule is CCN(C(=O)OCc1ccccc1)C1(C(=O)O)CCOC1. The van der Waals surface area contributed by atoms with E-state index >= 15 is 0 Å². The van der Waals surface area contributed by atoms with Gasteiger partial charge in [-0.3, -0.25) is 4.90 Å².